The molecular weight excluding hydrogens is 432 g/mol. The van der Waals surface area contributed by atoms with Crippen molar-refractivity contribution in [2.24, 2.45) is 11.5 Å². The van der Waals surface area contributed by atoms with Crippen LogP contribution in [0, 0.1) is 0 Å². The zero-order valence-corrected chi connectivity index (χ0v) is 15.7. The molecule has 2 atom stereocenters. The van der Waals surface area contributed by atoms with E-state index in [1.165, 1.54) is 0 Å². The number of hydrogen-bond donors (Lipinski definition) is 3. The molecule has 5 N–H and O–H groups in total. The Balaban J connectivity index is 2.76. The van der Waals surface area contributed by atoms with Gasteiger partial charge in [-0.15, -0.1) is 0 Å². The molecule has 31 heavy (non-hydrogen) atoms. The molecule has 0 radical (unpaired) electrons. The Morgan fingerprint density at radius 3 is 2.10 bits per heavy atom. The quantitative estimate of drug-likeness (QED) is 0.267. The highest BCUT2D eigenvalue weighted by molar-refractivity contribution is 5.90. The highest BCUT2D eigenvalue weighted by atomic mass is 17.2. The summed E-state index contributed by atoms with van der Waals surface area (Å²) in [5, 5.41) is 10.3. The van der Waals surface area contributed by atoms with Gasteiger partial charge in [-0.2, -0.15) is 0 Å². The summed E-state index contributed by atoms with van der Waals surface area (Å²) in [6, 6.07) is -1.39. The highest BCUT2D eigenvalue weighted by Crippen LogP contribution is 2.21. The minimum atomic E-state index is -3.04. The summed E-state index contributed by atoms with van der Waals surface area (Å²) in [7, 11) is 0. The lowest BCUT2D eigenvalue weighted by atomic mass is 9.96. The summed E-state index contributed by atoms with van der Waals surface area (Å²) in [5.74, 6) is -9.26. The predicted molar refractivity (Wildman–Crippen MR) is 86.4 cm³/mol. The molecule has 1 amide bonds. The molecular formula is C15H18N2O14. The largest absolute Gasteiger partial charge is 0.387 e. The molecule has 0 aromatic heterocycles. The van der Waals surface area contributed by atoms with E-state index in [0.717, 1.165) is 0 Å². The smallest absolute Gasteiger partial charge is 0.377 e. The molecule has 0 bridgehead atoms. The molecule has 16 heteroatoms. The standard InChI is InChI=1S/C15H18N2O14/c16-7(1-2-8(17)18)13(23)30-29-12(22)6-15(25)5-11(21)28-26-9(19)3-4-10(20)27-31-14(15)24/h7,25H,1-6,16H2,(H2,17,18). The van der Waals surface area contributed by atoms with Gasteiger partial charge in [0.05, 0.1) is 25.7 Å². The first-order valence-electron chi connectivity index (χ1n) is 8.42. The number of hydrogen-bond acceptors (Lipinski definition) is 15. The van der Waals surface area contributed by atoms with Gasteiger partial charge in [0.2, 0.25) is 5.91 Å². The van der Waals surface area contributed by atoms with Crippen LogP contribution in [-0.2, 0) is 62.9 Å². The number of rotatable bonds is 6. The summed E-state index contributed by atoms with van der Waals surface area (Å²) >= 11 is 0. The maximum atomic E-state index is 12.0. The second-order valence-electron chi connectivity index (χ2n) is 6.09. The van der Waals surface area contributed by atoms with Gasteiger partial charge >= 0.3 is 35.8 Å². The van der Waals surface area contributed by atoms with Gasteiger partial charge in [0, 0.05) is 6.42 Å². The van der Waals surface area contributed by atoms with Crippen LogP contribution in [0.5, 0.6) is 0 Å². The lowest BCUT2D eigenvalue weighted by Gasteiger charge is -2.22. The summed E-state index contributed by atoms with van der Waals surface area (Å²) in [5.41, 5.74) is 7.22. The molecule has 0 saturated carbocycles. The Morgan fingerprint density at radius 1 is 0.968 bits per heavy atom. The average molecular weight is 450 g/mol. The van der Waals surface area contributed by atoms with E-state index in [9.17, 15) is 38.7 Å². The number of nitrogens with two attached hydrogens (primary N) is 2. The van der Waals surface area contributed by atoms with Crippen molar-refractivity contribution in [3.63, 3.8) is 0 Å². The SMILES string of the molecule is NC(=O)CCC(N)C(=O)OOC(=O)CC1(O)CC(=O)OOC(=O)CCC(=O)OOC1=O. The average Bonchev–Trinajstić information content (AvgIpc) is 2.69. The third kappa shape index (κ3) is 9.05. The maximum absolute atomic E-state index is 12.0. The van der Waals surface area contributed by atoms with E-state index in [1.54, 1.807) is 0 Å². The van der Waals surface area contributed by atoms with Crippen molar-refractivity contribution in [2.75, 3.05) is 0 Å². The number of carbonyl (C=O) groups is 7. The predicted octanol–water partition coefficient (Wildman–Crippen LogP) is -3.11. The molecule has 0 spiro atoms. The summed E-state index contributed by atoms with van der Waals surface area (Å²) in [6.07, 6.45) is -4.38. The van der Waals surface area contributed by atoms with E-state index in [1.807, 2.05) is 0 Å². The Morgan fingerprint density at radius 2 is 1.52 bits per heavy atom. The third-order valence-electron chi connectivity index (χ3n) is 3.45. The molecule has 1 aliphatic heterocycles. The number of amides is 1. The number of carbonyl (C=O) groups excluding carboxylic acids is 7. The molecule has 16 nitrogen and oxygen atoms in total. The van der Waals surface area contributed by atoms with Crippen LogP contribution < -0.4 is 11.5 Å². The molecule has 0 aliphatic carbocycles. The van der Waals surface area contributed by atoms with Crippen molar-refractivity contribution in [3.05, 3.63) is 0 Å². The Bertz CT molecular complexity index is 765. The van der Waals surface area contributed by atoms with E-state index < -0.39 is 79.0 Å². The topological polar surface area (TPSA) is 247 Å². The van der Waals surface area contributed by atoms with Crippen LogP contribution in [0.15, 0.2) is 0 Å². The number of primary amides is 1. The van der Waals surface area contributed by atoms with Gasteiger partial charge in [-0.25, -0.2) is 58.1 Å². The maximum Gasteiger partial charge on any atom is 0.387 e. The first kappa shape index (κ1) is 25.2. The number of aliphatic hydroxyl groups is 1. The van der Waals surface area contributed by atoms with Gasteiger partial charge in [-0.05, 0) is 6.42 Å². The van der Waals surface area contributed by atoms with Crippen molar-refractivity contribution in [1.82, 2.24) is 0 Å². The minimum Gasteiger partial charge on any atom is -0.377 e. The van der Waals surface area contributed by atoms with Crippen LogP contribution in [0.3, 0.4) is 0 Å². The Kier molecular flexibility index (Phi) is 9.29. The van der Waals surface area contributed by atoms with Crippen molar-refractivity contribution in [2.45, 2.75) is 50.2 Å². The Hall–Kier alpha value is -3.79. The van der Waals surface area contributed by atoms with Gasteiger partial charge in [-0.3, -0.25) is 4.79 Å². The van der Waals surface area contributed by atoms with Crippen LogP contribution in [0.4, 0.5) is 0 Å². The molecule has 0 aromatic rings. The first-order valence-corrected chi connectivity index (χ1v) is 8.42. The van der Waals surface area contributed by atoms with Crippen LogP contribution in [0.25, 0.3) is 0 Å². The van der Waals surface area contributed by atoms with Crippen LogP contribution >= 0.6 is 0 Å². The van der Waals surface area contributed by atoms with Crippen molar-refractivity contribution < 1.29 is 68.0 Å². The molecule has 1 aliphatic rings. The van der Waals surface area contributed by atoms with E-state index in [4.69, 9.17) is 11.5 Å². The lowest BCUT2D eigenvalue weighted by Crippen LogP contribution is -2.45. The zero-order chi connectivity index (χ0) is 23.6. The van der Waals surface area contributed by atoms with E-state index >= 15 is 0 Å². The van der Waals surface area contributed by atoms with Crippen molar-refractivity contribution in [3.8, 4) is 0 Å². The fourth-order valence-corrected chi connectivity index (χ4v) is 1.85. The third-order valence-corrected chi connectivity index (χ3v) is 3.45. The lowest BCUT2D eigenvalue weighted by molar-refractivity contribution is -0.282. The second-order valence-corrected chi connectivity index (χ2v) is 6.09. The first-order chi connectivity index (χ1) is 14.4. The molecule has 172 valence electrons. The fraction of sp³-hybridized carbons (Fsp3) is 0.533. The molecule has 1 rings (SSSR count). The Labute approximate surface area is 172 Å². The highest BCUT2D eigenvalue weighted by Gasteiger charge is 2.46. The van der Waals surface area contributed by atoms with Gasteiger partial charge in [0.15, 0.2) is 5.60 Å². The van der Waals surface area contributed by atoms with E-state index in [-0.39, 0.29) is 12.8 Å². The molecule has 1 heterocycles. The molecule has 2 unspecified atom stereocenters. The van der Waals surface area contributed by atoms with E-state index in [2.05, 4.69) is 29.3 Å². The second kappa shape index (κ2) is 11.4. The molecule has 1 saturated heterocycles. The minimum absolute atomic E-state index is 0.224. The van der Waals surface area contributed by atoms with Gasteiger partial charge in [-0.1, -0.05) is 0 Å². The van der Waals surface area contributed by atoms with Crippen molar-refractivity contribution >= 4 is 41.7 Å². The summed E-state index contributed by atoms with van der Waals surface area (Å²) in [6.45, 7) is 0. The van der Waals surface area contributed by atoms with Gasteiger partial charge < -0.3 is 16.6 Å². The van der Waals surface area contributed by atoms with Gasteiger partial charge in [0.1, 0.15) is 6.04 Å². The molecule has 0 aromatic carbocycles. The van der Waals surface area contributed by atoms with E-state index in [0.29, 0.717) is 0 Å². The normalized spacial score (nSPS) is 21.1. The van der Waals surface area contributed by atoms with Crippen LogP contribution in [-0.4, -0.2) is 58.5 Å². The summed E-state index contributed by atoms with van der Waals surface area (Å²) < 4.78 is 0. The van der Waals surface area contributed by atoms with Crippen molar-refractivity contribution in [1.29, 1.82) is 0 Å². The van der Waals surface area contributed by atoms with Gasteiger partial charge in [0.25, 0.3) is 0 Å². The zero-order valence-electron chi connectivity index (χ0n) is 15.7. The monoisotopic (exact) mass is 450 g/mol. The van der Waals surface area contributed by atoms with Crippen LogP contribution in [0.2, 0.25) is 0 Å². The molecule has 1 fully saturated rings. The van der Waals surface area contributed by atoms with Crippen LogP contribution in [0.1, 0.15) is 38.5 Å². The fourth-order valence-electron chi connectivity index (χ4n) is 1.85. The summed E-state index contributed by atoms with van der Waals surface area (Å²) in [4.78, 5) is 105.